The molecule has 0 fully saturated rings. The van der Waals surface area contributed by atoms with Crippen LogP contribution in [-0.4, -0.2) is 19.1 Å². The van der Waals surface area contributed by atoms with Crippen LogP contribution in [0, 0.1) is 0 Å². The van der Waals surface area contributed by atoms with E-state index in [0.717, 1.165) is 31.0 Å². The number of anilines is 1. The van der Waals surface area contributed by atoms with E-state index in [4.69, 9.17) is 9.47 Å². The predicted molar refractivity (Wildman–Crippen MR) is 166 cm³/mol. The minimum Gasteiger partial charge on any atom is -1.00 e. The Balaban J connectivity index is 0.00000588. The number of rotatable bonds is 22. The lowest BCUT2D eigenvalue weighted by atomic mass is 10.0. The smallest absolute Gasteiger partial charge is 0.262 e. The van der Waals surface area contributed by atoms with Crippen molar-refractivity contribution in [2.24, 2.45) is 0 Å². The van der Waals surface area contributed by atoms with E-state index in [1.165, 1.54) is 89.0 Å². The highest BCUT2D eigenvalue weighted by Crippen LogP contribution is 2.19. The van der Waals surface area contributed by atoms with Gasteiger partial charge in [0.05, 0.1) is 12.0 Å². The van der Waals surface area contributed by atoms with Crippen LogP contribution in [0.1, 0.15) is 102 Å². The number of benzene rings is 2. The maximum absolute atomic E-state index is 12.3. The Kier molecular flexibility index (Phi) is 18.9. The summed E-state index contributed by atoms with van der Waals surface area (Å²) in [7, 11) is 0. The van der Waals surface area contributed by atoms with Crippen LogP contribution >= 0.6 is 11.3 Å². The largest absolute Gasteiger partial charge is 1.00 e. The monoisotopic (exact) mass is 644 g/mol. The molecule has 0 radical (unpaired) electrons. The number of hydrogen-bond donors (Lipinski definition) is 1. The Bertz CT molecular complexity index is 1040. The first kappa shape index (κ1) is 34.8. The molecular weight excluding hydrogens is 596 g/mol. The highest BCUT2D eigenvalue weighted by Gasteiger charge is 2.06. The van der Waals surface area contributed by atoms with Gasteiger partial charge in [-0.05, 0) is 42.8 Å². The fourth-order valence-corrected chi connectivity index (χ4v) is 5.32. The van der Waals surface area contributed by atoms with E-state index >= 15 is 0 Å². The quantitative estimate of drug-likeness (QED) is 0.108. The number of hydrogen-bond acceptors (Lipinski definition) is 4. The second kappa shape index (κ2) is 22.2. The van der Waals surface area contributed by atoms with Gasteiger partial charge in [0, 0.05) is 11.3 Å². The molecule has 226 valence electrons. The first-order valence-electron chi connectivity index (χ1n) is 15.4. The van der Waals surface area contributed by atoms with Crippen LogP contribution in [0.15, 0.2) is 65.6 Å². The summed E-state index contributed by atoms with van der Waals surface area (Å²) in [5, 5.41) is 4.94. The Hall–Kier alpha value is -2.38. The van der Waals surface area contributed by atoms with Gasteiger partial charge in [0.1, 0.15) is 11.5 Å². The van der Waals surface area contributed by atoms with Gasteiger partial charge >= 0.3 is 0 Å². The molecule has 2 aromatic carbocycles. The zero-order chi connectivity index (χ0) is 28.1. The Labute approximate surface area is 262 Å². The minimum absolute atomic E-state index is 0. The summed E-state index contributed by atoms with van der Waals surface area (Å²) in [5.41, 5.74) is 4.02. The number of unbranched alkanes of at least 4 members (excludes halogenated alkanes) is 13. The van der Waals surface area contributed by atoms with Gasteiger partial charge in [-0.25, -0.2) is 0 Å². The van der Waals surface area contributed by atoms with Crippen LogP contribution in [0.2, 0.25) is 0 Å². The van der Waals surface area contributed by atoms with Crippen molar-refractivity contribution < 1.29 is 35.8 Å². The lowest BCUT2D eigenvalue weighted by Crippen LogP contribution is -3.00. The average molecular weight is 646 g/mol. The predicted octanol–water partition coefficient (Wildman–Crippen LogP) is 5.97. The topological polar surface area (TPSA) is 51.4 Å². The summed E-state index contributed by atoms with van der Waals surface area (Å²) in [4.78, 5) is 12.3. The zero-order valence-electron chi connectivity index (χ0n) is 24.8. The van der Waals surface area contributed by atoms with Gasteiger partial charge in [-0.3, -0.25) is 4.79 Å². The first-order valence-corrected chi connectivity index (χ1v) is 16.3. The van der Waals surface area contributed by atoms with Crippen LogP contribution in [0.25, 0.3) is 0 Å². The van der Waals surface area contributed by atoms with Crippen LogP contribution in [0.3, 0.4) is 0 Å². The van der Waals surface area contributed by atoms with Gasteiger partial charge in [-0.15, -0.1) is 0 Å². The molecule has 0 saturated heterocycles. The number of aromatic nitrogens is 1. The molecule has 0 bridgehead atoms. The van der Waals surface area contributed by atoms with Gasteiger partial charge in [0.25, 0.3) is 5.91 Å². The van der Waals surface area contributed by atoms with Gasteiger partial charge in [-0.1, -0.05) is 114 Å². The highest BCUT2D eigenvalue weighted by molar-refractivity contribution is 7.07. The first-order chi connectivity index (χ1) is 19.7. The Morgan fingerprint density at radius 3 is 1.80 bits per heavy atom. The summed E-state index contributed by atoms with van der Waals surface area (Å²) in [6.07, 6.45) is 21.1. The maximum atomic E-state index is 12.3. The van der Waals surface area contributed by atoms with Crippen LogP contribution < -0.4 is 36.3 Å². The Morgan fingerprint density at radius 2 is 1.27 bits per heavy atom. The van der Waals surface area contributed by atoms with Crippen LogP contribution in [0.4, 0.5) is 5.69 Å². The number of ether oxygens (including phenoxy) is 2. The molecular formula is C34H49BrN2O3S. The van der Waals surface area contributed by atoms with Crippen molar-refractivity contribution in [1.29, 1.82) is 0 Å². The molecule has 7 heteroatoms. The lowest BCUT2D eigenvalue weighted by molar-refractivity contribution is -0.683. The number of halogens is 1. The number of carbonyl (C=O) groups excluding carboxylic acids is 1. The van der Waals surface area contributed by atoms with Gasteiger partial charge in [0.15, 0.2) is 19.3 Å². The van der Waals surface area contributed by atoms with Gasteiger partial charge in [-0.2, -0.15) is 4.57 Å². The molecule has 1 aromatic heterocycles. The van der Waals surface area contributed by atoms with Crippen molar-refractivity contribution in [2.45, 2.75) is 103 Å². The zero-order valence-corrected chi connectivity index (χ0v) is 27.2. The van der Waals surface area contributed by atoms with Crippen molar-refractivity contribution >= 4 is 22.9 Å². The van der Waals surface area contributed by atoms with Crippen molar-refractivity contribution in [3.8, 4) is 11.5 Å². The van der Waals surface area contributed by atoms with Gasteiger partial charge in [0.2, 0.25) is 5.51 Å². The SMILES string of the molecule is CCCCCCCCCCCCCCCCOc1ccc(OCC(=O)Nc2ccc(C[n+]3ccsc3)cc2)cc1.[Br-]. The summed E-state index contributed by atoms with van der Waals surface area (Å²) in [6, 6.07) is 15.4. The molecule has 0 aliphatic carbocycles. The van der Waals surface area contributed by atoms with E-state index in [-0.39, 0.29) is 29.5 Å². The Morgan fingerprint density at radius 1 is 0.732 bits per heavy atom. The number of amides is 1. The standard InChI is InChI=1S/C34H48N2O3S.BrH/c1-2-3-4-5-6-7-8-9-10-11-12-13-14-15-25-38-32-20-22-33(23-21-32)39-28-34(37)35-31-18-16-30(17-19-31)27-36-24-26-40-29-36;/h16-24,26,29H,2-15,25,27-28H2,1H3;1H. The number of carbonyl (C=O) groups is 1. The van der Waals surface area contributed by atoms with E-state index in [9.17, 15) is 4.79 Å². The molecule has 3 aromatic rings. The highest BCUT2D eigenvalue weighted by atomic mass is 79.9. The second-order valence-corrected chi connectivity index (χ2v) is 11.4. The third-order valence-electron chi connectivity index (χ3n) is 7.09. The molecule has 0 aliphatic heterocycles. The molecule has 3 rings (SSSR count). The summed E-state index contributed by atoms with van der Waals surface area (Å²) < 4.78 is 13.7. The lowest BCUT2D eigenvalue weighted by Gasteiger charge is -2.09. The molecule has 5 nitrogen and oxygen atoms in total. The third-order valence-corrected chi connectivity index (χ3v) is 7.76. The minimum atomic E-state index is -0.182. The van der Waals surface area contributed by atoms with Crippen LogP contribution in [-0.2, 0) is 11.3 Å². The molecule has 1 N–H and O–H groups in total. The summed E-state index contributed by atoms with van der Waals surface area (Å²) in [5.74, 6) is 1.31. The van der Waals surface area contributed by atoms with Crippen LogP contribution in [0.5, 0.6) is 11.5 Å². The maximum Gasteiger partial charge on any atom is 0.262 e. The van der Waals surface area contributed by atoms with Crippen molar-refractivity contribution in [3.05, 3.63) is 71.2 Å². The van der Waals surface area contributed by atoms with E-state index in [1.54, 1.807) is 11.3 Å². The second-order valence-electron chi connectivity index (χ2n) is 10.6. The van der Waals surface area contributed by atoms with Crippen molar-refractivity contribution in [1.82, 2.24) is 0 Å². The fraction of sp³-hybridized carbons (Fsp3) is 0.529. The normalized spacial score (nSPS) is 10.7. The molecule has 0 atom stereocenters. The summed E-state index contributed by atoms with van der Waals surface area (Å²) >= 11 is 1.67. The molecule has 0 aliphatic rings. The molecule has 41 heavy (non-hydrogen) atoms. The van der Waals surface area contributed by atoms with E-state index in [1.807, 2.05) is 48.5 Å². The number of nitrogens with one attached hydrogen (secondary N) is 1. The third kappa shape index (κ3) is 16.0. The van der Waals surface area contributed by atoms with Crippen molar-refractivity contribution in [2.75, 3.05) is 18.5 Å². The average Bonchev–Trinajstić information content (AvgIpc) is 3.49. The van der Waals surface area contributed by atoms with E-state index in [0.29, 0.717) is 5.75 Å². The number of thiazole rings is 1. The van der Waals surface area contributed by atoms with Gasteiger partial charge < -0.3 is 31.8 Å². The van der Waals surface area contributed by atoms with E-state index < -0.39 is 0 Å². The number of nitrogens with zero attached hydrogens (tertiary/aromatic N) is 1. The van der Waals surface area contributed by atoms with E-state index in [2.05, 4.69) is 33.9 Å². The molecule has 0 unspecified atom stereocenters. The van der Waals surface area contributed by atoms with Crippen molar-refractivity contribution in [3.63, 3.8) is 0 Å². The summed E-state index contributed by atoms with van der Waals surface area (Å²) in [6.45, 7) is 3.80. The fourth-order valence-electron chi connectivity index (χ4n) is 4.72. The molecule has 0 spiro atoms. The molecule has 0 saturated carbocycles. The molecule has 1 heterocycles. The molecule has 1 amide bonds.